The van der Waals surface area contributed by atoms with Crippen molar-refractivity contribution in [3.05, 3.63) is 17.3 Å². The van der Waals surface area contributed by atoms with Crippen molar-refractivity contribution in [1.82, 2.24) is 25.5 Å². The lowest BCUT2D eigenvalue weighted by atomic mass is 10.1. The molecule has 1 aliphatic rings. The third-order valence-electron chi connectivity index (χ3n) is 3.85. The van der Waals surface area contributed by atoms with Gasteiger partial charge in [-0.05, 0) is 14.0 Å². The fourth-order valence-corrected chi connectivity index (χ4v) is 2.46. The molecule has 22 heavy (non-hydrogen) atoms. The first-order chi connectivity index (χ1) is 10.5. The standard InChI is InChI=1S/C13H17F2N7/c1-6-10(20-21-11(6)12(14)15)8-3-9(19-13(16)18-8)22-4-7(5-22)17-2/h3,7,12,17H,4-5H2,1-2H3,(H,20,21)(H2,16,18,19). The van der Waals surface area contributed by atoms with Gasteiger partial charge in [0, 0.05) is 30.8 Å². The highest BCUT2D eigenvalue weighted by molar-refractivity contribution is 5.65. The molecule has 9 heteroatoms. The normalized spacial score (nSPS) is 15.4. The molecule has 0 radical (unpaired) electrons. The summed E-state index contributed by atoms with van der Waals surface area (Å²) in [6.45, 7) is 3.21. The molecule has 7 nitrogen and oxygen atoms in total. The largest absolute Gasteiger partial charge is 0.368 e. The highest BCUT2D eigenvalue weighted by atomic mass is 19.3. The smallest absolute Gasteiger partial charge is 0.282 e. The molecule has 118 valence electrons. The Labute approximate surface area is 125 Å². The van der Waals surface area contributed by atoms with E-state index in [1.165, 1.54) is 0 Å². The summed E-state index contributed by atoms with van der Waals surface area (Å²) in [7, 11) is 1.90. The van der Waals surface area contributed by atoms with Gasteiger partial charge < -0.3 is 16.0 Å². The van der Waals surface area contributed by atoms with E-state index in [1.807, 2.05) is 11.9 Å². The molecule has 0 saturated carbocycles. The summed E-state index contributed by atoms with van der Waals surface area (Å²) >= 11 is 0. The number of anilines is 2. The van der Waals surface area contributed by atoms with Gasteiger partial charge in [-0.15, -0.1) is 0 Å². The summed E-state index contributed by atoms with van der Waals surface area (Å²) < 4.78 is 25.7. The molecule has 1 fully saturated rings. The number of hydrogen-bond acceptors (Lipinski definition) is 6. The number of aromatic nitrogens is 4. The number of nitrogens with zero attached hydrogens (tertiary/aromatic N) is 4. The van der Waals surface area contributed by atoms with Crippen molar-refractivity contribution in [2.75, 3.05) is 30.8 Å². The van der Waals surface area contributed by atoms with Crippen molar-refractivity contribution in [1.29, 1.82) is 0 Å². The van der Waals surface area contributed by atoms with Crippen molar-refractivity contribution in [3.8, 4) is 11.4 Å². The number of likely N-dealkylation sites (N-methyl/N-ethyl adjacent to an activating group) is 1. The van der Waals surface area contributed by atoms with Crippen LogP contribution in [-0.2, 0) is 0 Å². The second-order valence-corrected chi connectivity index (χ2v) is 5.27. The predicted molar refractivity (Wildman–Crippen MR) is 78.8 cm³/mol. The van der Waals surface area contributed by atoms with E-state index >= 15 is 0 Å². The average molecular weight is 309 g/mol. The molecule has 0 spiro atoms. The molecule has 2 aromatic rings. The number of aromatic amines is 1. The van der Waals surface area contributed by atoms with Gasteiger partial charge in [-0.25, -0.2) is 13.8 Å². The average Bonchev–Trinajstić information content (AvgIpc) is 2.79. The molecule has 0 aliphatic carbocycles. The molecule has 4 N–H and O–H groups in total. The van der Waals surface area contributed by atoms with E-state index in [9.17, 15) is 8.78 Å². The number of H-pyrrole nitrogens is 1. The minimum Gasteiger partial charge on any atom is -0.368 e. The van der Waals surface area contributed by atoms with Crippen LogP contribution in [0.4, 0.5) is 20.5 Å². The summed E-state index contributed by atoms with van der Waals surface area (Å²) in [6.07, 6.45) is -2.63. The minimum absolute atomic E-state index is 0.105. The van der Waals surface area contributed by atoms with Crippen molar-refractivity contribution in [3.63, 3.8) is 0 Å². The zero-order chi connectivity index (χ0) is 15.9. The molecule has 1 saturated heterocycles. The molecule has 3 heterocycles. The number of nitrogens with one attached hydrogen (secondary N) is 2. The molecule has 0 aromatic carbocycles. The van der Waals surface area contributed by atoms with Crippen LogP contribution in [0.1, 0.15) is 17.7 Å². The Bertz CT molecular complexity index is 679. The summed E-state index contributed by atoms with van der Waals surface area (Å²) in [5.74, 6) is 0.787. The summed E-state index contributed by atoms with van der Waals surface area (Å²) in [6, 6.07) is 2.15. The van der Waals surface area contributed by atoms with Gasteiger partial charge in [0.25, 0.3) is 6.43 Å². The maximum atomic E-state index is 12.8. The number of halogens is 2. The van der Waals surface area contributed by atoms with Crippen LogP contribution >= 0.6 is 0 Å². The van der Waals surface area contributed by atoms with E-state index in [2.05, 4.69) is 25.5 Å². The van der Waals surface area contributed by atoms with Gasteiger partial charge in [0.1, 0.15) is 11.5 Å². The Morgan fingerprint density at radius 1 is 1.41 bits per heavy atom. The van der Waals surface area contributed by atoms with Gasteiger partial charge >= 0.3 is 0 Å². The third-order valence-corrected chi connectivity index (χ3v) is 3.85. The lowest BCUT2D eigenvalue weighted by Gasteiger charge is -2.40. The lowest BCUT2D eigenvalue weighted by molar-refractivity contribution is 0.145. The predicted octanol–water partition coefficient (Wildman–Crippen LogP) is 1.10. The van der Waals surface area contributed by atoms with Crippen LogP contribution in [0.2, 0.25) is 0 Å². The summed E-state index contributed by atoms with van der Waals surface area (Å²) in [4.78, 5) is 10.4. The van der Waals surface area contributed by atoms with Crippen LogP contribution in [0.3, 0.4) is 0 Å². The molecule has 0 unspecified atom stereocenters. The molecular weight excluding hydrogens is 292 g/mol. The van der Waals surface area contributed by atoms with Crippen LogP contribution < -0.4 is 16.0 Å². The molecule has 0 bridgehead atoms. The van der Waals surface area contributed by atoms with E-state index < -0.39 is 6.43 Å². The van der Waals surface area contributed by atoms with Crippen LogP contribution in [-0.4, -0.2) is 46.3 Å². The second kappa shape index (κ2) is 5.48. The van der Waals surface area contributed by atoms with Gasteiger partial charge in [-0.1, -0.05) is 0 Å². The lowest BCUT2D eigenvalue weighted by Crippen LogP contribution is -2.57. The molecule has 2 aromatic heterocycles. The number of alkyl halides is 2. The van der Waals surface area contributed by atoms with Crippen LogP contribution in [0.5, 0.6) is 0 Å². The fourth-order valence-electron chi connectivity index (χ4n) is 2.46. The Kier molecular flexibility index (Phi) is 3.65. The molecule has 3 rings (SSSR count). The van der Waals surface area contributed by atoms with E-state index in [0.29, 0.717) is 28.8 Å². The van der Waals surface area contributed by atoms with Crippen molar-refractivity contribution in [2.24, 2.45) is 0 Å². The quantitative estimate of drug-likeness (QED) is 0.783. The topological polar surface area (TPSA) is 95.8 Å². The van der Waals surface area contributed by atoms with Gasteiger partial charge in [0.2, 0.25) is 5.95 Å². The Morgan fingerprint density at radius 2 is 2.14 bits per heavy atom. The Hall–Kier alpha value is -2.29. The first-order valence-corrected chi connectivity index (χ1v) is 6.89. The van der Waals surface area contributed by atoms with E-state index in [4.69, 9.17) is 5.73 Å². The molecule has 0 atom stereocenters. The highest BCUT2D eigenvalue weighted by Gasteiger charge is 2.27. The summed E-state index contributed by atoms with van der Waals surface area (Å²) in [5.41, 5.74) is 6.76. The van der Waals surface area contributed by atoms with E-state index in [0.717, 1.165) is 13.1 Å². The van der Waals surface area contributed by atoms with Crippen LogP contribution in [0, 0.1) is 6.92 Å². The van der Waals surface area contributed by atoms with Crippen molar-refractivity contribution >= 4 is 11.8 Å². The molecular formula is C13H17F2N7. The Balaban J connectivity index is 1.93. The van der Waals surface area contributed by atoms with Gasteiger partial charge in [0.15, 0.2) is 0 Å². The Morgan fingerprint density at radius 3 is 2.73 bits per heavy atom. The first kappa shape index (κ1) is 14.6. The SMILES string of the molecule is CNC1CN(c2cc(-c3[nH]nc(C(F)F)c3C)nc(N)n2)C1. The number of nitrogen functional groups attached to an aromatic ring is 1. The monoisotopic (exact) mass is 309 g/mol. The van der Waals surface area contributed by atoms with Crippen molar-refractivity contribution < 1.29 is 8.78 Å². The van der Waals surface area contributed by atoms with Gasteiger partial charge in [-0.3, -0.25) is 5.10 Å². The zero-order valence-corrected chi connectivity index (χ0v) is 12.3. The van der Waals surface area contributed by atoms with Crippen LogP contribution in [0.15, 0.2) is 6.07 Å². The van der Waals surface area contributed by atoms with E-state index in [1.54, 1.807) is 13.0 Å². The third kappa shape index (κ3) is 2.47. The fraction of sp³-hybridized carbons (Fsp3) is 0.462. The number of hydrogen-bond donors (Lipinski definition) is 3. The second-order valence-electron chi connectivity index (χ2n) is 5.27. The zero-order valence-electron chi connectivity index (χ0n) is 12.3. The van der Waals surface area contributed by atoms with Crippen molar-refractivity contribution in [2.45, 2.75) is 19.4 Å². The number of nitrogens with two attached hydrogens (primary N) is 1. The summed E-state index contributed by atoms with van der Waals surface area (Å²) in [5, 5.41) is 9.44. The highest BCUT2D eigenvalue weighted by Crippen LogP contribution is 2.30. The van der Waals surface area contributed by atoms with Gasteiger partial charge in [-0.2, -0.15) is 10.1 Å². The molecule has 1 aliphatic heterocycles. The van der Waals surface area contributed by atoms with Gasteiger partial charge in [0.05, 0.1) is 11.4 Å². The van der Waals surface area contributed by atoms with Crippen LogP contribution in [0.25, 0.3) is 11.4 Å². The first-order valence-electron chi connectivity index (χ1n) is 6.89. The maximum Gasteiger partial charge on any atom is 0.282 e. The minimum atomic E-state index is -2.63. The maximum absolute atomic E-state index is 12.8. The van der Waals surface area contributed by atoms with E-state index in [-0.39, 0.29) is 11.6 Å². The number of rotatable bonds is 4. The molecule has 0 amide bonds.